The lowest BCUT2D eigenvalue weighted by atomic mass is 9.67. The molecule has 2 aromatic carbocycles. The maximum atomic E-state index is 14.3. The third-order valence-corrected chi connectivity index (χ3v) is 5.95. The number of benzene rings is 2. The molecule has 2 heterocycles. The van der Waals surface area contributed by atoms with Crippen molar-refractivity contribution in [1.82, 2.24) is 9.97 Å². The Morgan fingerprint density at radius 2 is 1.87 bits per heavy atom. The van der Waals surface area contributed by atoms with E-state index in [9.17, 15) is 8.78 Å². The van der Waals surface area contributed by atoms with Crippen LogP contribution in [0.5, 0.6) is 0 Å². The molecule has 4 rings (SSSR count). The molecule has 0 amide bonds. The number of aromatic nitrogens is 2. The van der Waals surface area contributed by atoms with Crippen molar-refractivity contribution in [3.8, 4) is 11.3 Å². The molecule has 1 aromatic heterocycles. The van der Waals surface area contributed by atoms with Crippen molar-refractivity contribution in [1.29, 1.82) is 0 Å². The third kappa shape index (κ3) is 4.90. The Kier molecular flexibility index (Phi) is 6.01. The predicted octanol–water partition coefficient (Wildman–Crippen LogP) is 5.75. The van der Waals surface area contributed by atoms with E-state index in [0.717, 1.165) is 25.5 Å². The summed E-state index contributed by atoms with van der Waals surface area (Å²) < 4.78 is 33.8. The van der Waals surface area contributed by atoms with Crippen molar-refractivity contribution in [3.63, 3.8) is 0 Å². The van der Waals surface area contributed by atoms with Crippen LogP contribution in [0.15, 0.2) is 60.8 Å². The van der Waals surface area contributed by atoms with Gasteiger partial charge in [0.05, 0.1) is 11.8 Å². The van der Waals surface area contributed by atoms with E-state index in [0.29, 0.717) is 24.7 Å². The van der Waals surface area contributed by atoms with Crippen LogP contribution in [-0.4, -0.2) is 28.7 Å². The first kappa shape index (κ1) is 21.4. The fourth-order valence-electron chi connectivity index (χ4n) is 4.58. The zero-order valence-electron chi connectivity index (χ0n) is 17.9. The summed E-state index contributed by atoms with van der Waals surface area (Å²) in [5, 5.41) is 3.24. The molecule has 0 radical (unpaired) electrons. The largest absolute Gasteiger partial charge is 0.376 e. The number of nitrogens with one attached hydrogen (secondary N) is 1. The van der Waals surface area contributed by atoms with Gasteiger partial charge in [-0.15, -0.1) is 0 Å². The highest BCUT2D eigenvalue weighted by molar-refractivity contribution is 5.60. The monoisotopic (exact) mass is 423 g/mol. The lowest BCUT2D eigenvalue weighted by Gasteiger charge is -2.45. The quantitative estimate of drug-likeness (QED) is 0.548. The minimum absolute atomic E-state index is 0.0264. The number of anilines is 1. The summed E-state index contributed by atoms with van der Waals surface area (Å²) in [5.41, 5.74) is 1.54. The van der Waals surface area contributed by atoms with Gasteiger partial charge in [0.15, 0.2) is 5.82 Å². The van der Waals surface area contributed by atoms with Crippen LogP contribution in [0.2, 0.25) is 0 Å². The number of halogens is 2. The molecule has 0 bridgehead atoms. The van der Waals surface area contributed by atoms with Crippen molar-refractivity contribution in [2.75, 3.05) is 18.5 Å². The SMILES string of the molecule is CC1(C)CC(CCNc2ncc(F)c(-c3cccc(F)c3)n2)(c2ccccc2)CCO1. The summed E-state index contributed by atoms with van der Waals surface area (Å²) in [5.74, 6) is -0.685. The van der Waals surface area contributed by atoms with Crippen LogP contribution in [0, 0.1) is 11.6 Å². The highest BCUT2D eigenvalue weighted by Gasteiger charge is 2.41. The number of ether oxygens (including phenoxy) is 1. The Bertz CT molecular complexity index is 1040. The van der Waals surface area contributed by atoms with Crippen molar-refractivity contribution < 1.29 is 13.5 Å². The molecule has 1 aliphatic heterocycles. The molecule has 0 spiro atoms. The normalized spacial score (nSPS) is 20.4. The molecule has 1 saturated heterocycles. The van der Waals surface area contributed by atoms with Crippen molar-refractivity contribution in [3.05, 3.63) is 78.0 Å². The first-order valence-electron chi connectivity index (χ1n) is 10.6. The van der Waals surface area contributed by atoms with Gasteiger partial charge in [0.25, 0.3) is 0 Å². The summed E-state index contributed by atoms with van der Waals surface area (Å²) in [6, 6.07) is 16.3. The fourth-order valence-corrected chi connectivity index (χ4v) is 4.58. The average molecular weight is 424 g/mol. The summed E-state index contributed by atoms with van der Waals surface area (Å²) in [6.45, 7) is 5.59. The Balaban J connectivity index is 1.52. The van der Waals surface area contributed by atoms with Crippen LogP contribution in [0.1, 0.15) is 38.7 Å². The predicted molar refractivity (Wildman–Crippen MR) is 118 cm³/mol. The number of rotatable bonds is 6. The molecular formula is C25H27F2N3O. The first-order valence-corrected chi connectivity index (χ1v) is 10.6. The first-order chi connectivity index (χ1) is 14.9. The minimum Gasteiger partial charge on any atom is -0.376 e. The van der Waals surface area contributed by atoms with Crippen LogP contribution in [0.25, 0.3) is 11.3 Å². The lowest BCUT2D eigenvalue weighted by Crippen LogP contribution is -2.45. The van der Waals surface area contributed by atoms with E-state index < -0.39 is 11.6 Å². The molecule has 6 heteroatoms. The summed E-state index contributed by atoms with van der Waals surface area (Å²) in [7, 11) is 0. The van der Waals surface area contributed by atoms with Gasteiger partial charge < -0.3 is 10.1 Å². The maximum Gasteiger partial charge on any atom is 0.223 e. The van der Waals surface area contributed by atoms with E-state index >= 15 is 0 Å². The molecule has 162 valence electrons. The van der Waals surface area contributed by atoms with Crippen LogP contribution < -0.4 is 5.32 Å². The Morgan fingerprint density at radius 1 is 1.06 bits per heavy atom. The van der Waals surface area contributed by atoms with E-state index in [1.165, 1.54) is 23.8 Å². The summed E-state index contributed by atoms with van der Waals surface area (Å²) >= 11 is 0. The van der Waals surface area contributed by atoms with Crippen LogP contribution >= 0.6 is 0 Å². The van der Waals surface area contributed by atoms with Gasteiger partial charge in [-0.2, -0.15) is 0 Å². The highest BCUT2D eigenvalue weighted by Crippen LogP contribution is 2.43. The second-order valence-electron chi connectivity index (χ2n) is 8.76. The fraction of sp³-hybridized carbons (Fsp3) is 0.360. The molecule has 1 N–H and O–H groups in total. The highest BCUT2D eigenvalue weighted by atomic mass is 19.1. The molecule has 1 fully saturated rings. The van der Waals surface area contributed by atoms with E-state index in [1.807, 2.05) is 6.07 Å². The molecule has 3 aromatic rings. The van der Waals surface area contributed by atoms with Gasteiger partial charge >= 0.3 is 0 Å². The molecule has 0 aliphatic carbocycles. The average Bonchev–Trinajstić information content (AvgIpc) is 2.75. The van der Waals surface area contributed by atoms with Crippen LogP contribution in [0.4, 0.5) is 14.7 Å². The van der Waals surface area contributed by atoms with Gasteiger partial charge in [0.2, 0.25) is 5.95 Å². The smallest absolute Gasteiger partial charge is 0.223 e. The maximum absolute atomic E-state index is 14.3. The van der Waals surface area contributed by atoms with Crippen molar-refractivity contribution >= 4 is 5.95 Å². The van der Waals surface area contributed by atoms with Gasteiger partial charge in [0, 0.05) is 24.1 Å². The molecule has 31 heavy (non-hydrogen) atoms. The van der Waals surface area contributed by atoms with Gasteiger partial charge in [0.1, 0.15) is 11.5 Å². The van der Waals surface area contributed by atoms with Crippen molar-refractivity contribution in [2.45, 2.75) is 44.1 Å². The number of hydrogen-bond donors (Lipinski definition) is 1. The molecular weight excluding hydrogens is 396 g/mol. The standard InChI is InChI=1S/C25H27F2N3O/c1-24(2)17-25(12-14-31-24,19-8-4-3-5-9-19)11-13-28-23-29-16-21(27)22(30-23)18-7-6-10-20(26)15-18/h3-10,15-16H,11-14,17H2,1-2H3,(H,28,29,30). The van der Waals surface area contributed by atoms with E-state index in [2.05, 4.69) is 53.4 Å². The van der Waals surface area contributed by atoms with E-state index in [-0.39, 0.29) is 16.7 Å². The van der Waals surface area contributed by atoms with E-state index in [4.69, 9.17) is 4.74 Å². The third-order valence-electron chi connectivity index (χ3n) is 5.95. The summed E-state index contributed by atoms with van der Waals surface area (Å²) in [4.78, 5) is 8.38. The zero-order valence-corrected chi connectivity index (χ0v) is 17.9. The topological polar surface area (TPSA) is 47.0 Å². The molecule has 1 unspecified atom stereocenters. The lowest BCUT2D eigenvalue weighted by molar-refractivity contribution is -0.0835. The Labute approximate surface area is 181 Å². The van der Waals surface area contributed by atoms with E-state index in [1.54, 1.807) is 6.07 Å². The van der Waals surface area contributed by atoms with Gasteiger partial charge in [-0.05, 0) is 50.8 Å². The Morgan fingerprint density at radius 3 is 2.61 bits per heavy atom. The number of nitrogens with zero attached hydrogens (tertiary/aromatic N) is 2. The molecule has 0 saturated carbocycles. The summed E-state index contributed by atoms with van der Waals surface area (Å²) in [6.07, 6.45) is 3.82. The second kappa shape index (κ2) is 8.71. The van der Waals surface area contributed by atoms with Crippen molar-refractivity contribution in [2.24, 2.45) is 0 Å². The van der Waals surface area contributed by atoms with Gasteiger partial charge in [-0.3, -0.25) is 0 Å². The van der Waals surface area contributed by atoms with Crippen LogP contribution in [-0.2, 0) is 10.2 Å². The number of hydrogen-bond acceptors (Lipinski definition) is 4. The molecule has 1 atom stereocenters. The molecule has 1 aliphatic rings. The van der Waals surface area contributed by atoms with Gasteiger partial charge in [-0.1, -0.05) is 42.5 Å². The van der Waals surface area contributed by atoms with Gasteiger partial charge in [-0.25, -0.2) is 18.7 Å². The molecule has 4 nitrogen and oxygen atoms in total. The minimum atomic E-state index is -0.580. The Hall–Kier alpha value is -2.86. The zero-order chi connectivity index (χ0) is 21.9. The van der Waals surface area contributed by atoms with Crippen LogP contribution in [0.3, 0.4) is 0 Å². The second-order valence-corrected chi connectivity index (χ2v) is 8.76.